The second-order valence-electron chi connectivity index (χ2n) is 3.39. The molecular formula is C12H9Cl2NOS. The molecule has 5 heteroatoms. The lowest BCUT2D eigenvalue weighted by molar-refractivity contribution is 0.680. The summed E-state index contributed by atoms with van der Waals surface area (Å²) < 4.78 is 12.0. The molecule has 2 rings (SSSR count). The minimum atomic E-state index is -1.19. The maximum atomic E-state index is 12.0. The topological polar surface area (TPSA) is 30.0 Å². The molecule has 0 amide bonds. The van der Waals surface area contributed by atoms with Crippen molar-refractivity contribution in [2.24, 2.45) is 0 Å². The van der Waals surface area contributed by atoms with Crippen LogP contribution in [0.1, 0.15) is 5.56 Å². The zero-order valence-electron chi connectivity index (χ0n) is 8.77. The molecule has 2 nitrogen and oxygen atoms in total. The minimum Gasteiger partial charge on any atom is -0.252 e. The molecule has 1 aromatic carbocycles. The molecular weight excluding hydrogens is 277 g/mol. The number of nitrogens with zero attached hydrogens (tertiary/aromatic N) is 1. The van der Waals surface area contributed by atoms with E-state index in [4.69, 9.17) is 23.2 Å². The maximum Gasteiger partial charge on any atom is 0.127 e. The molecule has 2 aromatic rings. The summed E-state index contributed by atoms with van der Waals surface area (Å²) >= 11 is 11.8. The van der Waals surface area contributed by atoms with Crippen molar-refractivity contribution in [1.29, 1.82) is 0 Å². The second-order valence-corrected chi connectivity index (χ2v) is 5.64. The fraction of sp³-hybridized carbons (Fsp3) is 0.0833. The van der Waals surface area contributed by atoms with E-state index in [9.17, 15) is 4.21 Å². The van der Waals surface area contributed by atoms with Gasteiger partial charge in [-0.3, -0.25) is 4.21 Å². The van der Waals surface area contributed by atoms with Gasteiger partial charge in [0, 0.05) is 16.2 Å². The van der Waals surface area contributed by atoms with Crippen molar-refractivity contribution in [3.05, 3.63) is 58.2 Å². The molecule has 1 heterocycles. The summed E-state index contributed by atoms with van der Waals surface area (Å²) in [6.07, 6.45) is 1.62. The van der Waals surface area contributed by atoms with Crippen LogP contribution in [-0.2, 0) is 16.6 Å². The molecule has 0 radical (unpaired) electrons. The Morgan fingerprint density at radius 2 is 2.00 bits per heavy atom. The number of aromatic nitrogens is 1. The molecule has 1 atom stereocenters. The number of pyridine rings is 1. The Bertz CT molecular complexity index is 545. The zero-order chi connectivity index (χ0) is 12.3. The van der Waals surface area contributed by atoms with Crippen LogP contribution in [0.15, 0.2) is 47.6 Å². The van der Waals surface area contributed by atoms with Gasteiger partial charge in [-0.25, -0.2) is 4.98 Å². The van der Waals surface area contributed by atoms with E-state index in [0.717, 1.165) is 5.56 Å². The molecule has 0 saturated heterocycles. The van der Waals surface area contributed by atoms with E-state index < -0.39 is 10.8 Å². The third kappa shape index (κ3) is 3.28. The zero-order valence-corrected chi connectivity index (χ0v) is 11.1. The smallest absolute Gasteiger partial charge is 0.127 e. The average molecular weight is 286 g/mol. The van der Waals surface area contributed by atoms with Crippen LogP contribution < -0.4 is 0 Å². The van der Waals surface area contributed by atoms with Crippen LogP contribution in [0.2, 0.25) is 10.0 Å². The van der Waals surface area contributed by atoms with Crippen LogP contribution in [0.25, 0.3) is 0 Å². The average Bonchev–Trinajstić information content (AvgIpc) is 2.34. The first kappa shape index (κ1) is 12.6. The van der Waals surface area contributed by atoms with Crippen molar-refractivity contribution >= 4 is 34.0 Å². The highest BCUT2D eigenvalue weighted by Crippen LogP contribution is 2.23. The van der Waals surface area contributed by atoms with Crippen molar-refractivity contribution in [3.63, 3.8) is 0 Å². The summed E-state index contributed by atoms with van der Waals surface area (Å²) in [7, 11) is -1.19. The lowest BCUT2D eigenvalue weighted by atomic mass is 10.2. The van der Waals surface area contributed by atoms with E-state index in [2.05, 4.69) is 4.98 Å². The Kier molecular flexibility index (Phi) is 4.15. The largest absolute Gasteiger partial charge is 0.252 e. The highest BCUT2D eigenvalue weighted by Gasteiger charge is 2.09. The molecule has 0 aliphatic carbocycles. The van der Waals surface area contributed by atoms with E-state index in [1.54, 1.807) is 36.5 Å². The maximum absolute atomic E-state index is 12.0. The van der Waals surface area contributed by atoms with Gasteiger partial charge in [0.05, 0.1) is 16.6 Å². The van der Waals surface area contributed by atoms with Crippen LogP contribution in [0.4, 0.5) is 0 Å². The van der Waals surface area contributed by atoms with E-state index in [1.165, 1.54) is 0 Å². The third-order valence-electron chi connectivity index (χ3n) is 2.17. The molecule has 0 N–H and O–H groups in total. The van der Waals surface area contributed by atoms with E-state index in [1.807, 2.05) is 6.07 Å². The van der Waals surface area contributed by atoms with Gasteiger partial charge in [-0.2, -0.15) is 0 Å². The fourth-order valence-electron chi connectivity index (χ4n) is 1.34. The van der Waals surface area contributed by atoms with Crippen molar-refractivity contribution in [3.8, 4) is 0 Å². The minimum absolute atomic E-state index is 0.340. The fourth-order valence-corrected chi connectivity index (χ4v) is 2.98. The Morgan fingerprint density at radius 3 is 2.65 bits per heavy atom. The van der Waals surface area contributed by atoms with Gasteiger partial charge in [0.15, 0.2) is 0 Å². The summed E-state index contributed by atoms with van der Waals surface area (Å²) in [6, 6.07) is 10.5. The highest BCUT2D eigenvalue weighted by atomic mass is 35.5. The van der Waals surface area contributed by atoms with Crippen LogP contribution in [-0.4, -0.2) is 9.19 Å². The monoisotopic (exact) mass is 285 g/mol. The van der Waals surface area contributed by atoms with Gasteiger partial charge in [0.1, 0.15) is 5.03 Å². The molecule has 0 aliphatic rings. The summed E-state index contributed by atoms with van der Waals surface area (Å²) in [5, 5.41) is 1.66. The Morgan fingerprint density at radius 1 is 1.18 bits per heavy atom. The lowest BCUT2D eigenvalue weighted by Crippen LogP contribution is -1.99. The predicted octanol–water partition coefficient (Wildman–Crippen LogP) is 3.70. The number of rotatable bonds is 3. The Balaban J connectivity index is 2.19. The Hall–Kier alpha value is -0.900. The number of hydrogen-bond acceptors (Lipinski definition) is 2. The predicted molar refractivity (Wildman–Crippen MR) is 70.8 cm³/mol. The lowest BCUT2D eigenvalue weighted by Gasteiger charge is -2.04. The first-order valence-corrected chi connectivity index (χ1v) is 6.97. The van der Waals surface area contributed by atoms with Gasteiger partial charge in [0.2, 0.25) is 0 Å². The van der Waals surface area contributed by atoms with E-state index in [-0.39, 0.29) is 0 Å². The molecule has 1 unspecified atom stereocenters. The van der Waals surface area contributed by atoms with Crippen LogP contribution >= 0.6 is 23.2 Å². The number of hydrogen-bond donors (Lipinski definition) is 0. The van der Waals surface area contributed by atoms with Crippen molar-refractivity contribution in [1.82, 2.24) is 4.98 Å². The molecule has 88 valence electrons. The van der Waals surface area contributed by atoms with Gasteiger partial charge < -0.3 is 0 Å². The van der Waals surface area contributed by atoms with Crippen molar-refractivity contribution in [2.75, 3.05) is 0 Å². The van der Waals surface area contributed by atoms with Crippen LogP contribution in [0.5, 0.6) is 0 Å². The van der Waals surface area contributed by atoms with Crippen molar-refractivity contribution in [2.45, 2.75) is 10.8 Å². The van der Waals surface area contributed by atoms with Crippen LogP contribution in [0, 0.1) is 0 Å². The van der Waals surface area contributed by atoms with Crippen molar-refractivity contribution < 1.29 is 4.21 Å². The van der Waals surface area contributed by atoms with Crippen LogP contribution in [0.3, 0.4) is 0 Å². The SMILES string of the molecule is O=S(Cc1ccc(Cl)cc1Cl)c1ccccn1. The molecule has 0 fully saturated rings. The second kappa shape index (κ2) is 5.63. The molecule has 17 heavy (non-hydrogen) atoms. The van der Waals surface area contributed by atoms with E-state index in [0.29, 0.717) is 20.8 Å². The molecule has 0 saturated carbocycles. The molecule has 0 bridgehead atoms. The number of benzene rings is 1. The first-order chi connectivity index (χ1) is 8.16. The number of halogens is 2. The first-order valence-electron chi connectivity index (χ1n) is 4.90. The van der Waals surface area contributed by atoms with Gasteiger partial charge >= 0.3 is 0 Å². The van der Waals surface area contributed by atoms with E-state index >= 15 is 0 Å². The Labute approximate surface area is 112 Å². The third-order valence-corrected chi connectivity index (χ3v) is 4.04. The molecule has 0 spiro atoms. The normalized spacial score (nSPS) is 12.4. The highest BCUT2D eigenvalue weighted by molar-refractivity contribution is 7.84. The summed E-state index contributed by atoms with van der Waals surface area (Å²) in [6.45, 7) is 0. The summed E-state index contributed by atoms with van der Waals surface area (Å²) in [4.78, 5) is 4.05. The quantitative estimate of drug-likeness (QED) is 0.861. The van der Waals surface area contributed by atoms with Gasteiger partial charge in [-0.1, -0.05) is 35.3 Å². The standard InChI is InChI=1S/C12H9Cl2NOS/c13-10-5-4-9(11(14)7-10)8-17(16)12-3-1-2-6-15-12/h1-7H,8H2. The molecule has 1 aromatic heterocycles. The summed E-state index contributed by atoms with van der Waals surface area (Å²) in [5.74, 6) is 0.340. The van der Waals surface area contributed by atoms with Gasteiger partial charge in [-0.15, -0.1) is 0 Å². The van der Waals surface area contributed by atoms with Gasteiger partial charge in [-0.05, 0) is 29.8 Å². The molecule has 0 aliphatic heterocycles. The summed E-state index contributed by atoms with van der Waals surface area (Å²) in [5.41, 5.74) is 0.806. The van der Waals surface area contributed by atoms with Gasteiger partial charge in [0.25, 0.3) is 0 Å².